The highest BCUT2D eigenvalue weighted by Crippen LogP contribution is 2.19. The summed E-state index contributed by atoms with van der Waals surface area (Å²) >= 11 is 3.02. The minimum atomic E-state index is -0.774. The Bertz CT molecular complexity index is 700. The van der Waals surface area contributed by atoms with E-state index in [1.165, 1.54) is 23.3 Å². The first-order chi connectivity index (χ1) is 11.9. The van der Waals surface area contributed by atoms with Crippen molar-refractivity contribution in [1.29, 1.82) is 0 Å². The summed E-state index contributed by atoms with van der Waals surface area (Å²) in [6, 6.07) is -1.13. The summed E-state index contributed by atoms with van der Waals surface area (Å²) in [6.45, 7) is 4.54. The molecule has 2 aromatic rings. The highest BCUT2D eigenvalue weighted by molar-refractivity contribution is 7.09. The Kier molecular flexibility index (Phi) is 6.89. The number of esters is 1. The van der Waals surface area contributed by atoms with Gasteiger partial charge in [-0.25, -0.2) is 19.6 Å². The lowest BCUT2D eigenvalue weighted by Gasteiger charge is -2.21. The van der Waals surface area contributed by atoms with E-state index in [0.717, 1.165) is 16.4 Å². The van der Waals surface area contributed by atoms with Crippen LogP contribution in [0.3, 0.4) is 0 Å². The lowest BCUT2D eigenvalue weighted by atomic mass is 10.2. The molecule has 0 saturated carbocycles. The molecule has 0 spiro atoms. The highest BCUT2D eigenvalue weighted by Gasteiger charge is 2.24. The monoisotopic (exact) mass is 382 g/mol. The molecule has 0 aliphatic rings. The molecule has 25 heavy (non-hydrogen) atoms. The van der Waals surface area contributed by atoms with Crippen molar-refractivity contribution in [1.82, 2.24) is 20.2 Å². The summed E-state index contributed by atoms with van der Waals surface area (Å²) < 4.78 is 4.78. The van der Waals surface area contributed by atoms with Crippen LogP contribution >= 0.6 is 22.7 Å². The van der Waals surface area contributed by atoms with Crippen molar-refractivity contribution in [3.63, 3.8) is 0 Å². The van der Waals surface area contributed by atoms with Crippen molar-refractivity contribution < 1.29 is 14.3 Å². The summed E-state index contributed by atoms with van der Waals surface area (Å²) in [5, 5.41) is 7.54. The molecule has 0 bridgehead atoms. The predicted molar refractivity (Wildman–Crippen MR) is 97.8 cm³/mol. The van der Waals surface area contributed by atoms with Gasteiger partial charge in [0, 0.05) is 30.1 Å². The summed E-state index contributed by atoms with van der Waals surface area (Å²) in [6.07, 6.45) is 0.296. The van der Waals surface area contributed by atoms with E-state index in [1.54, 1.807) is 23.9 Å². The molecule has 0 radical (unpaired) electrons. The number of hydrogen-bond donors (Lipinski definition) is 1. The topological polar surface area (TPSA) is 84.4 Å². The number of amides is 2. The molecule has 0 aromatic carbocycles. The Morgan fingerprint density at radius 2 is 2.08 bits per heavy atom. The van der Waals surface area contributed by atoms with Crippen LogP contribution in [0.2, 0.25) is 0 Å². The molecule has 9 heteroatoms. The lowest BCUT2D eigenvalue weighted by Crippen LogP contribution is -2.48. The number of ether oxygens (including phenoxy) is 1. The van der Waals surface area contributed by atoms with Crippen molar-refractivity contribution in [3.05, 3.63) is 32.7 Å². The Balaban J connectivity index is 1.97. The second kappa shape index (κ2) is 8.91. The summed E-state index contributed by atoms with van der Waals surface area (Å²) in [7, 11) is 2.97. The van der Waals surface area contributed by atoms with Gasteiger partial charge in [0.05, 0.1) is 35.6 Å². The van der Waals surface area contributed by atoms with Crippen LogP contribution in [0.1, 0.15) is 36.2 Å². The van der Waals surface area contributed by atoms with Gasteiger partial charge in [-0.05, 0) is 0 Å². The van der Waals surface area contributed by atoms with Gasteiger partial charge in [-0.1, -0.05) is 13.8 Å². The van der Waals surface area contributed by atoms with Gasteiger partial charge in [-0.2, -0.15) is 0 Å². The van der Waals surface area contributed by atoms with Crippen LogP contribution in [-0.2, 0) is 22.5 Å². The Hall–Kier alpha value is -2.00. The largest absolute Gasteiger partial charge is 0.467 e. The van der Waals surface area contributed by atoms with Gasteiger partial charge in [0.25, 0.3) is 0 Å². The van der Waals surface area contributed by atoms with E-state index < -0.39 is 12.0 Å². The molecule has 1 atom stereocenters. The van der Waals surface area contributed by atoms with Crippen LogP contribution in [0, 0.1) is 0 Å². The molecule has 2 heterocycles. The molecule has 0 saturated heterocycles. The van der Waals surface area contributed by atoms with Crippen LogP contribution < -0.4 is 5.32 Å². The fraction of sp³-hybridized carbons (Fsp3) is 0.500. The second-order valence-electron chi connectivity index (χ2n) is 5.90. The minimum absolute atomic E-state index is 0.296. The number of carbonyl (C=O) groups excluding carboxylic acids is 2. The number of thiazole rings is 2. The van der Waals surface area contributed by atoms with E-state index in [1.807, 2.05) is 10.8 Å². The van der Waals surface area contributed by atoms with E-state index in [-0.39, 0.29) is 6.03 Å². The first-order valence-corrected chi connectivity index (χ1v) is 9.63. The van der Waals surface area contributed by atoms with Gasteiger partial charge < -0.3 is 15.0 Å². The third-order valence-corrected chi connectivity index (χ3v) is 5.32. The highest BCUT2D eigenvalue weighted by atomic mass is 32.1. The van der Waals surface area contributed by atoms with Crippen molar-refractivity contribution >= 4 is 34.7 Å². The molecule has 1 N–H and O–H groups in total. The van der Waals surface area contributed by atoms with Crippen LogP contribution in [0.5, 0.6) is 0 Å². The molecule has 2 rings (SSSR count). The fourth-order valence-corrected chi connectivity index (χ4v) is 3.51. The SMILES string of the molecule is COC(=O)[C@H](Cc1cscn1)NC(=O)N(C)Cc1csc(C(C)C)n1. The van der Waals surface area contributed by atoms with Gasteiger partial charge in [-0.15, -0.1) is 22.7 Å². The van der Waals surface area contributed by atoms with Crippen molar-refractivity contribution in [2.24, 2.45) is 0 Å². The molecular weight excluding hydrogens is 360 g/mol. The molecule has 2 aromatic heterocycles. The number of aromatic nitrogens is 2. The van der Waals surface area contributed by atoms with E-state index in [2.05, 4.69) is 29.1 Å². The van der Waals surface area contributed by atoms with Crippen LogP contribution in [0.25, 0.3) is 0 Å². The maximum atomic E-state index is 12.4. The predicted octanol–water partition coefficient (Wildman–Crippen LogP) is 2.65. The normalized spacial score (nSPS) is 12.0. The molecule has 136 valence electrons. The first kappa shape index (κ1) is 19.3. The van der Waals surface area contributed by atoms with Gasteiger partial charge >= 0.3 is 12.0 Å². The number of hydrogen-bond acceptors (Lipinski definition) is 7. The number of carbonyl (C=O) groups is 2. The van der Waals surface area contributed by atoms with Crippen molar-refractivity contribution in [2.75, 3.05) is 14.2 Å². The average Bonchev–Trinajstić information content (AvgIpc) is 3.25. The minimum Gasteiger partial charge on any atom is -0.467 e. The van der Waals surface area contributed by atoms with E-state index in [4.69, 9.17) is 4.74 Å². The quantitative estimate of drug-likeness (QED) is 0.744. The van der Waals surface area contributed by atoms with Gasteiger partial charge in [0.2, 0.25) is 0 Å². The smallest absolute Gasteiger partial charge is 0.328 e. The van der Waals surface area contributed by atoms with Gasteiger partial charge in [-0.3, -0.25) is 0 Å². The number of urea groups is 1. The van der Waals surface area contributed by atoms with Gasteiger partial charge in [0.15, 0.2) is 0 Å². The second-order valence-corrected chi connectivity index (χ2v) is 7.51. The van der Waals surface area contributed by atoms with Crippen molar-refractivity contribution in [2.45, 2.75) is 38.8 Å². The molecule has 0 aliphatic heterocycles. The Morgan fingerprint density at radius 1 is 1.32 bits per heavy atom. The summed E-state index contributed by atoms with van der Waals surface area (Å²) in [4.78, 5) is 34.5. The third kappa shape index (κ3) is 5.50. The zero-order valence-electron chi connectivity index (χ0n) is 14.7. The Labute approximate surface area is 155 Å². The number of nitrogens with zero attached hydrogens (tertiary/aromatic N) is 3. The molecular formula is C16H22N4O3S2. The lowest BCUT2D eigenvalue weighted by molar-refractivity contribution is -0.142. The summed E-state index contributed by atoms with van der Waals surface area (Å²) in [5.41, 5.74) is 3.26. The van der Waals surface area contributed by atoms with Crippen molar-refractivity contribution in [3.8, 4) is 0 Å². The Morgan fingerprint density at radius 3 is 2.64 bits per heavy atom. The maximum absolute atomic E-state index is 12.4. The zero-order chi connectivity index (χ0) is 18.4. The molecule has 0 unspecified atom stereocenters. The number of methoxy groups -OCH3 is 1. The third-order valence-electron chi connectivity index (χ3n) is 3.49. The van der Waals surface area contributed by atoms with E-state index in [9.17, 15) is 9.59 Å². The first-order valence-electron chi connectivity index (χ1n) is 7.81. The molecule has 0 fully saturated rings. The fourth-order valence-electron chi connectivity index (χ4n) is 2.12. The molecule has 0 aliphatic carbocycles. The van der Waals surface area contributed by atoms with Crippen LogP contribution in [0.15, 0.2) is 16.3 Å². The van der Waals surface area contributed by atoms with E-state index >= 15 is 0 Å². The van der Waals surface area contributed by atoms with Crippen LogP contribution in [0.4, 0.5) is 4.79 Å². The molecule has 7 nitrogen and oxygen atoms in total. The maximum Gasteiger partial charge on any atom is 0.328 e. The van der Waals surface area contributed by atoms with Crippen LogP contribution in [-0.4, -0.2) is 47.1 Å². The van der Waals surface area contributed by atoms with Gasteiger partial charge in [0.1, 0.15) is 6.04 Å². The summed E-state index contributed by atoms with van der Waals surface area (Å²) in [5.74, 6) is -0.134. The number of nitrogens with one attached hydrogen (secondary N) is 1. The standard InChI is InChI=1S/C16H22N4O3S2/c1-10(2)14-18-12(8-25-14)6-20(3)16(22)19-13(15(21)23-4)5-11-7-24-9-17-11/h7-10,13H,5-6H2,1-4H3,(H,19,22)/t13-/m0/s1. The van der Waals surface area contributed by atoms with E-state index in [0.29, 0.717) is 18.9 Å². The average molecular weight is 383 g/mol. The zero-order valence-corrected chi connectivity index (χ0v) is 16.3. The number of rotatable bonds is 7. The molecule has 2 amide bonds.